The molecule has 146 valence electrons. The Morgan fingerprint density at radius 2 is 1.71 bits per heavy atom. The Morgan fingerprint density at radius 1 is 1.04 bits per heavy atom. The summed E-state index contributed by atoms with van der Waals surface area (Å²) in [7, 11) is 0. The summed E-state index contributed by atoms with van der Waals surface area (Å²) in [5.74, 6) is 0.424. The Hall–Kier alpha value is -3.14. The van der Waals surface area contributed by atoms with Crippen molar-refractivity contribution in [3.05, 3.63) is 84.0 Å². The van der Waals surface area contributed by atoms with Gasteiger partial charge in [-0.3, -0.25) is 4.79 Å². The number of rotatable bonds is 7. The molecular formula is C24H28N2O2. The fraction of sp³-hybridized carbons (Fsp3) is 0.250. The molecule has 0 saturated heterocycles. The minimum atomic E-state index is -0.295. The number of hydrogen-bond acceptors (Lipinski definition) is 3. The van der Waals surface area contributed by atoms with E-state index in [2.05, 4.69) is 31.3 Å². The maximum atomic E-state index is 12.0. The molecule has 0 spiro atoms. The lowest BCUT2D eigenvalue weighted by Crippen LogP contribution is -2.26. The summed E-state index contributed by atoms with van der Waals surface area (Å²) in [5, 5.41) is 4.07. The van der Waals surface area contributed by atoms with Gasteiger partial charge in [-0.25, -0.2) is 5.43 Å². The first-order valence-electron chi connectivity index (χ1n) is 9.31. The smallest absolute Gasteiger partial charge is 0.277 e. The summed E-state index contributed by atoms with van der Waals surface area (Å²) in [6.07, 6.45) is 7.65. The van der Waals surface area contributed by atoms with E-state index in [1.165, 1.54) is 0 Å². The third-order valence-corrected chi connectivity index (χ3v) is 3.95. The lowest BCUT2D eigenvalue weighted by molar-refractivity contribution is -0.123. The van der Waals surface area contributed by atoms with Gasteiger partial charge in [-0.1, -0.05) is 87.5 Å². The zero-order chi connectivity index (χ0) is 20.4. The molecule has 4 nitrogen and oxygen atoms in total. The number of carbonyl (C=O) groups is 1. The third kappa shape index (κ3) is 7.23. The predicted molar refractivity (Wildman–Crippen MR) is 117 cm³/mol. The van der Waals surface area contributed by atoms with Crippen molar-refractivity contribution in [2.24, 2.45) is 5.10 Å². The SMILES string of the molecule is CC(/C=C/C=C/c1ccccc1)=N\NC(=O)COc1ccccc1C(C)(C)C. The van der Waals surface area contributed by atoms with Gasteiger partial charge in [0.2, 0.25) is 0 Å². The van der Waals surface area contributed by atoms with E-state index in [1.807, 2.05) is 85.8 Å². The highest BCUT2D eigenvalue weighted by Gasteiger charge is 2.18. The largest absolute Gasteiger partial charge is 0.483 e. The van der Waals surface area contributed by atoms with Gasteiger partial charge in [-0.15, -0.1) is 0 Å². The Bertz CT molecular complexity index is 860. The van der Waals surface area contributed by atoms with Crippen LogP contribution in [0.1, 0.15) is 38.8 Å². The van der Waals surface area contributed by atoms with Crippen molar-refractivity contribution in [1.29, 1.82) is 0 Å². The van der Waals surface area contributed by atoms with Gasteiger partial charge in [-0.05, 0) is 35.6 Å². The van der Waals surface area contributed by atoms with E-state index in [1.54, 1.807) is 0 Å². The molecule has 0 heterocycles. The number of benzene rings is 2. The van der Waals surface area contributed by atoms with Crippen LogP contribution in [-0.4, -0.2) is 18.2 Å². The molecule has 1 N–H and O–H groups in total. The number of hydrogen-bond donors (Lipinski definition) is 1. The first kappa shape index (κ1) is 21.2. The van der Waals surface area contributed by atoms with Gasteiger partial charge in [0.05, 0.1) is 5.71 Å². The zero-order valence-corrected chi connectivity index (χ0v) is 17.0. The van der Waals surface area contributed by atoms with E-state index in [0.29, 0.717) is 5.71 Å². The van der Waals surface area contributed by atoms with Crippen molar-refractivity contribution in [3.8, 4) is 5.75 Å². The summed E-state index contributed by atoms with van der Waals surface area (Å²) in [4.78, 5) is 12.0. The second kappa shape index (κ2) is 10.3. The normalized spacial score (nSPS) is 12.5. The average molecular weight is 377 g/mol. The molecule has 28 heavy (non-hydrogen) atoms. The van der Waals surface area contributed by atoms with Gasteiger partial charge in [-0.2, -0.15) is 5.10 Å². The number of para-hydroxylation sites is 1. The Labute approximate surface area is 167 Å². The molecule has 2 rings (SSSR count). The molecule has 0 aliphatic heterocycles. The highest BCUT2D eigenvalue weighted by Crippen LogP contribution is 2.30. The fourth-order valence-electron chi connectivity index (χ4n) is 2.50. The predicted octanol–water partition coefficient (Wildman–Crippen LogP) is 5.12. The van der Waals surface area contributed by atoms with Crippen LogP contribution in [-0.2, 0) is 10.2 Å². The number of nitrogens with zero attached hydrogens (tertiary/aromatic N) is 1. The molecule has 1 amide bonds. The van der Waals surface area contributed by atoms with E-state index >= 15 is 0 Å². The summed E-state index contributed by atoms with van der Waals surface area (Å²) in [6.45, 7) is 8.08. The average Bonchev–Trinajstić information content (AvgIpc) is 2.68. The molecule has 0 radical (unpaired) electrons. The first-order chi connectivity index (χ1) is 13.4. The van der Waals surface area contributed by atoms with Crippen LogP contribution in [0.15, 0.2) is 77.9 Å². The van der Waals surface area contributed by atoms with Crippen LogP contribution in [0.25, 0.3) is 6.08 Å². The Morgan fingerprint density at radius 3 is 2.43 bits per heavy atom. The van der Waals surface area contributed by atoms with Crippen molar-refractivity contribution in [3.63, 3.8) is 0 Å². The number of allylic oxidation sites excluding steroid dienone is 3. The molecule has 4 heteroatoms. The van der Waals surface area contributed by atoms with Crippen molar-refractivity contribution >= 4 is 17.7 Å². The summed E-state index contributed by atoms with van der Waals surface area (Å²) in [5.41, 5.74) is 5.35. The molecule has 0 saturated carbocycles. The number of carbonyl (C=O) groups excluding carboxylic acids is 1. The van der Waals surface area contributed by atoms with Gasteiger partial charge in [0.15, 0.2) is 6.61 Å². The van der Waals surface area contributed by atoms with Gasteiger partial charge in [0.25, 0.3) is 5.91 Å². The van der Waals surface area contributed by atoms with Crippen LogP contribution >= 0.6 is 0 Å². The highest BCUT2D eigenvalue weighted by molar-refractivity contribution is 5.94. The second-order valence-corrected chi connectivity index (χ2v) is 7.45. The van der Waals surface area contributed by atoms with Crippen LogP contribution in [0.4, 0.5) is 0 Å². The van der Waals surface area contributed by atoms with Crippen LogP contribution in [0.5, 0.6) is 5.75 Å². The molecule has 0 aliphatic rings. The van der Waals surface area contributed by atoms with E-state index in [9.17, 15) is 4.79 Å². The second-order valence-electron chi connectivity index (χ2n) is 7.45. The van der Waals surface area contributed by atoms with Gasteiger partial charge >= 0.3 is 0 Å². The Kier molecular flexibility index (Phi) is 7.76. The standard InChI is InChI=1S/C24H28N2O2/c1-19(12-8-9-15-20-13-6-5-7-14-20)25-26-23(27)18-28-22-17-11-10-16-21(22)24(2,3)4/h5-17H,18H2,1-4H3,(H,26,27)/b12-8+,15-9+,25-19+. The number of nitrogens with one attached hydrogen (secondary N) is 1. The van der Waals surface area contributed by atoms with E-state index in [0.717, 1.165) is 16.9 Å². The summed E-state index contributed by atoms with van der Waals surface area (Å²) in [6, 6.07) is 17.8. The minimum Gasteiger partial charge on any atom is -0.483 e. The van der Waals surface area contributed by atoms with Crippen LogP contribution in [0.3, 0.4) is 0 Å². The number of hydrazone groups is 1. The molecule has 0 aromatic heterocycles. The van der Waals surface area contributed by atoms with Crippen molar-refractivity contribution in [2.75, 3.05) is 6.61 Å². The third-order valence-electron chi connectivity index (χ3n) is 3.95. The van der Waals surface area contributed by atoms with E-state index < -0.39 is 0 Å². The fourth-order valence-corrected chi connectivity index (χ4v) is 2.50. The molecule has 0 atom stereocenters. The van der Waals surface area contributed by atoms with Crippen molar-refractivity contribution in [1.82, 2.24) is 5.43 Å². The van der Waals surface area contributed by atoms with Crippen LogP contribution in [0.2, 0.25) is 0 Å². The molecule has 0 aliphatic carbocycles. The number of amides is 1. The number of ether oxygens (including phenoxy) is 1. The molecule has 0 fully saturated rings. The maximum Gasteiger partial charge on any atom is 0.277 e. The summed E-state index contributed by atoms with van der Waals surface area (Å²) >= 11 is 0. The maximum absolute atomic E-state index is 12.0. The Balaban J connectivity index is 1.83. The van der Waals surface area contributed by atoms with Gasteiger partial charge in [0.1, 0.15) is 5.75 Å². The van der Waals surface area contributed by atoms with Gasteiger partial charge < -0.3 is 4.74 Å². The molecule has 0 unspecified atom stereocenters. The van der Waals surface area contributed by atoms with Crippen LogP contribution < -0.4 is 10.2 Å². The minimum absolute atomic E-state index is 0.0557. The quantitative estimate of drug-likeness (QED) is 0.414. The molecule has 2 aromatic rings. The van der Waals surface area contributed by atoms with Crippen LogP contribution in [0, 0.1) is 0 Å². The van der Waals surface area contributed by atoms with Gasteiger partial charge in [0, 0.05) is 0 Å². The topological polar surface area (TPSA) is 50.7 Å². The molecule has 0 bridgehead atoms. The monoisotopic (exact) mass is 376 g/mol. The first-order valence-corrected chi connectivity index (χ1v) is 9.31. The van der Waals surface area contributed by atoms with Crippen molar-refractivity contribution in [2.45, 2.75) is 33.1 Å². The molecule has 2 aromatic carbocycles. The zero-order valence-electron chi connectivity index (χ0n) is 17.0. The molecular weight excluding hydrogens is 348 g/mol. The van der Waals surface area contributed by atoms with Crippen molar-refractivity contribution < 1.29 is 9.53 Å². The lowest BCUT2D eigenvalue weighted by atomic mass is 9.86. The highest BCUT2D eigenvalue weighted by atomic mass is 16.5. The summed E-state index contributed by atoms with van der Waals surface area (Å²) < 4.78 is 5.69. The van der Waals surface area contributed by atoms with E-state index in [4.69, 9.17) is 4.74 Å². The lowest BCUT2D eigenvalue weighted by Gasteiger charge is -2.22. The van der Waals surface area contributed by atoms with E-state index in [-0.39, 0.29) is 17.9 Å².